The van der Waals surface area contributed by atoms with Crippen LogP contribution in [0.5, 0.6) is 0 Å². The number of amides is 2. The minimum atomic E-state index is -2.62. The molecule has 2 saturated carbocycles. The molecular weight excluding hydrogens is 1150 g/mol. The molecule has 4 aliphatic rings. The Morgan fingerprint density at radius 1 is 0.841 bits per heavy atom. The Morgan fingerprint density at radius 3 is 2.03 bits per heavy atom. The number of imidazole rings is 1. The molecule has 12 atom stereocenters. The first kappa shape index (κ1) is 67.1. The standard InChI is InChI=1S/C62H77N5O21/c1-31(2)26-46(73)85-42-28-43-61(30-82-43,88-36(8)69)52-54(87-57(77)38-20-16-13-17-21-38)62(79)29-41(33(5)48(59(62,9)10)50(83-35(7)68)53(75)60(42,52)11)84-58(78)51(86-47(74)27-32(3)4)49(37-18-14-12-15-19-37)66-56(76)40(23-25-45(71)72)65-44(70)24-22-39-55(67(80)81)64-34(6)63-39/h12-21,31-32,40-43,49-52,54,79H,22-30H2,1-11H3,(H,63,64)(H,65,70)(H,66,76)(H,71,72)/t40-,41+,42+,43-,49+,50-,51-,52+,54+,60-,61+,62-/m1/s1. The van der Waals surface area contributed by atoms with Crippen LogP contribution in [0.25, 0.3) is 0 Å². The van der Waals surface area contributed by atoms with Gasteiger partial charge in [0.2, 0.25) is 17.9 Å². The van der Waals surface area contributed by atoms with Crippen LogP contribution in [0, 0.1) is 45.6 Å². The van der Waals surface area contributed by atoms with Gasteiger partial charge < -0.3 is 64.1 Å². The van der Waals surface area contributed by atoms with Crippen molar-refractivity contribution in [2.75, 3.05) is 6.61 Å². The van der Waals surface area contributed by atoms with Crippen LogP contribution in [-0.4, -0.2) is 145 Å². The zero-order valence-corrected chi connectivity index (χ0v) is 51.0. The maximum atomic E-state index is 16.4. The summed E-state index contributed by atoms with van der Waals surface area (Å²) in [5.74, 6) is -12.8. The van der Waals surface area contributed by atoms with Gasteiger partial charge in [0.05, 0.1) is 23.5 Å². The molecule has 1 aromatic heterocycles. The predicted molar refractivity (Wildman–Crippen MR) is 306 cm³/mol. The number of esters is 6. The van der Waals surface area contributed by atoms with Gasteiger partial charge >= 0.3 is 47.6 Å². The number of rotatable bonds is 24. The van der Waals surface area contributed by atoms with Gasteiger partial charge in [0.15, 0.2) is 23.3 Å². The number of carboxylic acid groups (broad SMARTS) is 1. The van der Waals surface area contributed by atoms with E-state index in [1.165, 1.54) is 71.0 Å². The molecule has 7 rings (SSSR count). The minimum Gasteiger partial charge on any atom is -0.481 e. The maximum Gasteiger partial charge on any atom is 0.350 e. The number of carbonyl (C=O) groups excluding carboxylic acids is 9. The smallest absolute Gasteiger partial charge is 0.350 e. The number of ketones is 1. The van der Waals surface area contributed by atoms with Crippen molar-refractivity contribution in [2.24, 2.45) is 28.6 Å². The lowest BCUT2D eigenvalue weighted by Gasteiger charge is -2.67. The van der Waals surface area contributed by atoms with Crippen molar-refractivity contribution in [3.63, 3.8) is 0 Å². The molecule has 3 aromatic rings. The lowest BCUT2D eigenvalue weighted by molar-refractivity contribution is -0.390. The van der Waals surface area contributed by atoms with Gasteiger partial charge in [0, 0.05) is 71.1 Å². The van der Waals surface area contributed by atoms with Crippen LogP contribution >= 0.6 is 0 Å². The fraction of sp³-hybridized carbons (Fsp3) is 0.565. The molecule has 26 nitrogen and oxygen atoms in total. The van der Waals surface area contributed by atoms with Gasteiger partial charge in [-0.1, -0.05) is 90.1 Å². The number of aryl methyl sites for hydroxylation is 2. The average Bonchev–Trinajstić information content (AvgIpc) is 0.717. The Bertz CT molecular complexity index is 3230. The molecule has 26 heteroatoms. The fourth-order valence-corrected chi connectivity index (χ4v) is 12.8. The van der Waals surface area contributed by atoms with E-state index in [0.29, 0.717) is 0 Å². The SMILES string of the molecule is CC(=O)O[C@H]1C(=O)[C@]2(C)[C@@H](OC(=O)CC(C)C)C[C@H]3OC[C@@]3(OC(C)=O)[C@H]2[C@H](OC(=O)c2ccccc2)[C@]2(O)C[C@H](OC(=O)[C@H](OC(=O)CC(C)C)[C@@H](NC(=O)[C@@H](CCC(=O)O)NC(=O)CCc3nc(C)[nH]c3[N+](=O)[O-])c3ccccc3)C(C)=C1C2(C)C. The quantitative estimate of drug-likeness (QED) is 0.0242. The Kier molecular flexibility index (Phi) is 20.5. The van der Waals surface area contributed by atoms with Crippen LogP contribution < -0.4 is 10.6 Å². The van der Waals surface area contributed by atoms with Gasteiger partial charge in [-0.3, -0.25) is 38.4 Å². The topological polar surface area (TPSA) is 372 Å². The molecule has 5 N–H and O–H groups in total. The van der Waals surface area contributed by atoms with Crippen LogP contribution in [0.2, 0.25) is 0 Å². The summed E-state index contributed by atoms with van der Waals surface area (Å²) in [5, 5.41) is 40.9. The molecule has 2 bridgehead atoms. The Balaban J connectivity index is 1.39. The minimum absolute atomic E-state index is 0.0147. The Labute approximate surface area is 507 Å². The number of carbonyl (C=O) groups is 10. The first-order valence-electron chi connectivity index (χ1n) is 29.1. The number of H-pyrrole nitrogens is 1. The Morgan fingerprint density at radius 2 is 1.47 bits per heavy atom. The normalized spacial score (nSPS) is 26.2. The molecule has 2 heterocycles. The molecule has 1 aliphatic heterocycles. The van der Waals surface area contributed by atoms with E-state index < -0.39 is 179 Å². The van der Waals surface area contributed by atoms with Crippen molar-refractivity contribution in [1.29, 1.82) is 0 Å². The zero-order chi connectivity index (χ0) is 65.0. The summed E-state index contributed by atoms with van der Waals surface area (Å²) in [6.07, 6.45) is -13.9. The predicted octanol–water partition coefficient (Wildman–Crippen LogP) is 5.54. The number of fused-ring (bicyclic) bond motifs is 5. The maximum absolute atomic E-state index is 16.4. The van der Waals surface area contributed by atoms with E-state index in [1.807, 2.05) is 0 Å². The van der Waals surface area contributed by atoms with E-state index in [9.17, 15) is 58.7 Å². The van der Waals surface area contributed by atoms with Crippen molar-refractivity contribution >= 4 is 65.2 Å². The summed E-state index contributed by atoms with van der Waals surface area (Å²) >= 11 is 0. The van der Waals surface area contributed by atoms with Gasteiger partial charge in [-0.05, 0) is 65.9 Å². The van der Waals surface area contributed by atoms with Crippen LogP contribution in [0.15, 0.2) is 71.8 Å². The number of Topliss-reactive ketones (excluding diaryl/α,β-unsaturated/α-hetero) is 1. The van der Waals surface area contributed by atoms with Crippen molar-refractivity contribution < 1.29 is 96.2 Å². The van der Waals surface area contributed by atoms with E-state index in [0.717, 1.165) is 13.8 Å². The molecule has 1 saturated heterocycles. The van der Waals surface area contributed by atoms with Crippen LogP contribution in [0.1, 0.15) is 148 Å². The van der Waals surface area contributed by atoms with Crippen molar-refractivity contribution in [3.05, 3.63) is 105 Å². The summed E-state index contributed by atoms with van der Waals surface area (Å²) in [7, 11) is 0. The van der Waals surface area contributed by atoms with E-state index in [1.54, 1.807) is 52.0 Å². The zero-order valence-electron chi connectivity index (χ0n) is 51.0. The lowest BCUT2D eigenvalue weighted by Crippen LogP contribution is -2.82. The van der Waals surface area contributed by atoms with Gasteiger partial charge in [0.1, 0.15) is 47.8 Å². The number of aliphatic hydroxyl groups is 1. The van der Waals surface area contributed by atoms with E-state index in [-0.39, 0.29) is 71.3 Å². The summed E-state index contributed by atoms with van der Waals surface area (Å²) in [4.78, 5) is 160. The number of aromatic nitrogens is 2. The average molecular weight is 1230 g/mol. The number of nitro groups is 1. The van der Waals surface area contributed by atoms with Crippen molar-refractivity contribution in [1.82, 2.24) is 20.6 Å². The lowest BCUT2D eigenvalue weighted by atomic mass is 9.44. The van der Waals surface area contributed by atoms with Gasteiger partial charge in [-0.25, -0.2) is 19.6 Å². The van der Waals surface area contributed by atoms with Gasteiger partial charge in [-0.2, -0.15) is 0 Å². The molecule has 3 aliphatic carbocycles. The number of ether oxygens (including phenoxy) is 7. The third-order valence-corrected chi connectivity index (χ3v) is 17.0. The number of carboxylic acids is 1. The summed E-state index contributed by atoms with van der Waals surface area (Å²) in [6, 6.07) is 11.8. The number of aliphatic carboxylic acids is 1. The molecule has 3 fully saturated rings. The van der Waals surface area contributed by atoms with Crippen LogP contribution in [-0.2, 0) is 82.7 Å². The molecule has 0 radical (unpaired) electrons. The summed E-state index contributed by atoms with van der Waals surface area (Å²) in [6.45, 7) is 15.9. The second-order valence-electron chi connectivity index (χ2n) is 24.6. The second-order valence-corrected chi connectivity index (χ2v) is 24.6. The molecule has 2 aromatic carbocycles. The highest BCUT2D eigenvalue weighted by atomic mass is 16.6. The van der Waals surface area contributed by atoms with Crippen LogP contribution in [0.4, 0.5) is 5.82 Å². The molecule has 0 unspecified atom stereocenters. The van der Waals surface area contributed by atoms with E-state index in [4.69, 9.17) is 33.2 Å². The number of nitrogens with zero attached hydrogens (tertiary/aromatic N) is 2. The summed E-state index contributed by atoms with van der Waals surface area (Å²) < 4.78 is 43.7. The van der Waals surface area contributed by atoms with Crippen LogP contribution in [0.3, 0.4) is 0 Å². The largest absolute Gasteiger partial charge is 0.481 e. The van der Waals surface area contributed by atoms with E-state index >= 15 is 9.59 Å². The molecule has 2 amide bonds. The van der Waals surface area contributed by atoms with Crippen molar-refractivity contribution in [2.45, 2.75) is 187 Å². The molecular formula is C62H77N5O21. The molecule has 0 spiro atoms. The number of aromatic amines is 1. The number of benzene rings is 2. The first-order chi connectivity index (χ1) is 41.2. The summed E-state index contributed by atoms with van der Waals surface area (Å²) in [5.41, 5.74) is -8.72. The third kappa shape index (κ3) is 14.0. The highest BCUT2D eigenvalue weighted by Crippen LogP contribution is 2.65. The Hall–Kier alpha value is -8.39. The van der Waals surface area contributed by atoms with E-state index in [2.05, 4.69) is 20.6 Å². The highest BCUT2D eigenvalue weighted by Gasteiger charge is 2.79. The molecule has 476 valence electrons. The monoisotopic (exact) mass is 1230 g/mol. The van der Waals surface area contributed by atoms with Gasteiger partial charge in [-0.15, -0.1) is 0 Å². The van der Waals surface area contributed by atoms with Crippen molar-refractivity contribution in [3.8, 4) is 0 Å². The molecule has 88 heavy (non-hydrogen) atoms. The highest BCUT2D eigenvalue weighted by molar-refractivity contribution is 5.96. The number of hydrogen-bond acceptors (Lipinski definition) is 21. The number of nitrogens with one attached hydrogen (secondary N) is 3. The number of hydrogen-bond donors (Lipinski definition) is 5. The fourth-order valence-electron chi connectivity index (χ4n) is 12.8. The first-order valence-corrected chi connectivity index (χ1v) is 29.1. The second kappa shape index (κ2) is 26.9. The third-order valence-electron chi connectivity index (χ3n) is 17.0. The van der Waals surface area contributed by atoms with Gasteiger partial charge in [0.25, 0.3) is 0 Å².